The first-order valence-electron chi connectivity index (χ1n) is 8.90. The molecule has 2 heterocycles. The van der Waals surface area contributed by atoms with Crippen LogP contribution < -0.4 is 4.74 Å². The monoisotopic (exact) mass is 402 g/mol. The largest absolute Gasteiger partial charge is 0.490 e. The molecule has 4 rings (SSSR count). The van der Waals surface area contributed by atoms with Crippen LogP contribution >= 0.6 is 0 Å². The van der Waals surface area contributed by atoms with Crippen molar-refractivity contribution in [3.05, 3.63) is 48.3 Å². The summed E-state index contributed by atoms with van der Waals surface area (Å²) in [5.74, 6) is 1.12. The number of halogens is 3. The molecule has 0 amide bonds. The number of nitrogens with one attached hydrogen (secondary N) is 1. The van der Waals surface area contributed by atoms with Gasteiger partial charge in [0.15, 0.2) is 0 Å². The van der Waals surface area contributed by atoms with Crippen molar-refractivity contribution in [2.24, 2.45) is 0 Å². The van der Waals surface area contributed by atoms with E-state index in [1.165, 1.54) is 6.92 Å². The number of H-pyrrole nitrogens is 1. The van der Waals surface area contributed by atoms with Crippen LogP contribution in [0.5, 0.6) is 5.75 Å². The predicted molar refractivity (Wildman–Crippen MR) is 100 cm³/mol. The number of aromatic nitrogens is 4. The molecule has 0 radical (unpaired) electrons. The third kappa shape index (κ3) is 4.23. The van der Waals surface area contributed by atoms with Crippen molar-refractivity contribution in [3.63, 3.8) is 0 Å². The summed E-state index contributed by atoms with van der Waals surface area (Å²) in [6.07, 6.45) is -4.65. The Hall–Kier alpha value is -3.36. The second-order valence-electron chi connectivity index (χ2n) is 6.79. The van der Waals surface area contributed by atoms with Gasteiger partial charge in [-0.25, -0.2) is 4.98 Å². The zero-order chi connectivity index (χ0) is 20.6. The van der Waals surface area contributed by atoms with E-state index in [0.29, 0.717) is 28.6 Å². The average molecular weight is 402 g/mol. The summed E-state index contributed by atoms with van der Waals surface area (Å²) in [4.78, 5) is 11.6. The van der Waals surface area contributed by atoms with Gasteiger partial charge in [-0.15, -0.1) is 0 Å². The molecule has 0 aliphatic rings. The van der Waals surface area contributed by atoms with E-state index in [9.17, 15) is 13.2 Å². The molecular formula is C20H17F3N4O2. The maximum atomic E-state index is 12.5. The molecule has 0 saturated carbocycles. The number of aryl methyl sites for hydroxylation is 1. The smallest absolute Gasteiger partial charge is 0.392 e. The first-order valence-corrected chi connectivity index (χ1v) is 8.90. The van der Waals surface area contributed by atoms with Crippen molar-refractivity contribution >= 4 is 11.0 Å². The van der Waals surface area contributed by atoms with Crippen molar-refractivity contribution in [1.82, 2.24) is 20.1 Å². The first-order chi connectivity index (χ1) is 13.8. The van der Waals surface area contributed by atoms with Crippen LogP contribution in [0.3, 0.4) is 0 Å². The van der Waals surface area contributed by atoms with Crippen LogP contribution in [0.1, 0.15) is 18.9 Å². The number of ether oxygens (including phenoxy) is 1. The molecule has 0 fully saturated rings. The van der Waals surface area contributed by atoms with Crippen molar-refractivity contribution in [1.29, 1.82) is 0 Å². The molecule has 6 nitrogen and oxygen atoms in total. The van der Waals surface area contributed by atoms with Crippen LogP contribution in [0.2, 0.25) is 0 Å². The minimum atomic E-state index is -4.27. The van der Waals surface area contributed by atoms with E-state index in [2.05, 4.69) is 20.1 Å². The summed E-state index contributed by atoms with van der Waals surface area (Å²) >= 11 is 0. The van der Waals surface area contributed by atoms with E-state index in [-0.39, 0.29) is 0 Å². The van der Waals surface area contributed by atoms with Crippen LogP contribution in [0.15, 0.2) is 47.2 Å². The van der Waals surface area contributed by atoms with E-state index in [4.69, 9.17) is 9.26 Å². The lowest BCUT2D eigenvalue weighted by atomic mass is 10.1. The fourth-order valence-electron chi connectivity index (χ4n) is 3.03. The Labute approximate surface area is 163 Å². The number of nitrogens with zero attached hydrogens (tertiary/aromatic N) is 3. The first kappa shape index (κ1) is 19.0. The van der Waals surface area contributed by atoms with Crippen LogP contribution in [0.25, 0.3) is 33.9 Å². The number of fused-ring (bicyclic) bond motifs is 1. The molecule has 1 unspecified atom stereocenters. The van der Waals surface area contributed by atoms with Crippen LogP contribution in [0, 0.1) is 6.92 Å². The molecule has 150 valence electrons. The van der Waals surface area contributed by atoms with Crippen LogP contribution in [-0.4, -0.2) is 32.4 Å². The highest BCUT2D eigenvalue weighted by atomic mass is 19.4. The van der Waals surface area contributed by atoms with Gasteiger partial charge in [-0.2, -0.15) is 18.2 Å². The second kappa shape index (κ2) is 7.23. The van der Waals surface area contributed by atoms with Gasteiger partial charge >= 0.3 is 6.18 Å². The molecular weight excluding hydrogens is 385 g/mol. The van der Waals surface area contributed by atoms with E-state index in [1.807, 2.05) is 18.2 Å². The van der Waals surface area contributed by atoms with E-state index in [1.54, 1.807) is 31.5 Å². The highest BCUT2D eigenvalue weighted by molar-refractivity contribution is 5.80. The Balaban J connectivity index is 1.54. The molecule has 0 spiro atoms. The van der Waals surface area contributed by atoms with Gasteiger partial charge < -0.3 is 14.2 Å². The molecule has 0 aliphatic heterocycles. The zero-order valence-electron chi connectivity index (χ0n) is 15.6. The van der Waals surface area contributed by atoms with Crippen LogP contribution in [-0.2, 0) is 0 Å². The molecule has 2 aromatic carbocycles. The Morgan fingerprint density at radius 2 is 1.93 bits per heavy atom. The number of imidazole rings is 1. The topological polar surface area (TPSA) is 76.8 Å². The number of benzene rings is 2. The molecule has 1 atom stereocenters. The third-order valence-corrected chi connectivity index (χ3v) is 4.37. The standard InChI is InChI=1S/C20H17F3N4O2/c1-11-7-14(4-6-17(11)28-12(2)9-20(21,22)23)19-26-18(27-29-19)13-3-5-15-16(8-13)25-10-24-15/h3-8,10,12H,9H2,1-2H3,(H,24,25). The Morgan fingerprint density at radius 1 is 1.14 bits per heavy atom. The Bertz CT molecular complexity index is 1150. The summed E-state index contributed by atoms with van der Waals surface area (Å²) < 4.78 is 48.3. The van der Waals surface area contributed by atoms with Gasteiger partial charge in [-0.3, -0.25) is 0 Å². The number of hydrogen-bond donors (Lipinski definition) is 1. The lowest BCUT2D eigenvalue weighted by Crippen LogP contribution is -2.22. The lowest BCUT2D eigenvalue weighted by molar-refractivity contribution is -0.148. The molecule has 0 bridgehead atoms. The van der Waals surface area contributed by atoms with Crippen molar-refractivity contribution < 1.29 is 22.4 Å². The summed E-state index contributed by atoms with van der Waals surface area (Å²) in [6.45, 7) is 3.14. The summed E-state index contributed by atoms with van der Waals surface area (Å²) in [5, 5.41) is 4.02. The minimum absolute atomic E-state index is 0.308. The molecule has 0 aliphatic carbocycles. The number of rotatable bonds is 5. The number of alkyl halides is 3. The predicted octanol–water partition coefficient (Wildman–Crippen LogP) is 5.31. The minimum Gasteiger partial charge on any atom is -0.490 e. The molecule has 1 N–H and O–H groups in total. The molecule has 29 heavy (non-hydrogen) atoms. The Kier molecular flexibility index (Phi) is 4.73. The highest BCUT2D eigenvalue weighted by Crippen LogP contribution is 2.30. The third-order valence-electron chi connectivity index (χ3n) is 4.37. The van der Waals surface area contributed by atoms with Gasteiger partial charge in [0.1, 0.15) is 11.9 Å². The highest BCUT2D eigenvalue weighted by Gasteiger charge is 2.31. The fraction of sp³-hybridized carbons (Fsp3) is 0.250. The summed E-state index contributed by atoms with van der Waals surface area (Å²) in [6, 6.07) is 10.6. The van der Waals surface area contributed by atoms with Gasteiger partial charge in [0.25, 0.3) is 5.89 Å². The van der Waals surface area contributed by atoms with Gasteiger partial charge in [0.2, 0.25) is 5.82 Å². The van der Waals surface area contributed by atoms with Crippen molar-refractivity contribution in [3.8, 4) is 28.6 Å². The quantitative estimate of drug-likeness (QED) is 0.490. The molecule has 0 saturated heterocycles. The van der Waals surface area contributed by atoms with E-state index in [0.717, 1.165) is 16.6 Å². The molecule has 4 aromatic rings. The summed E-state index contributed by atoms with van der Waals surface area (Å²) in [5.41, 5.74) is 3.80. The normalized spacial score (nSPS) is 13.0. The van der Waals surface area contributed by atoms with E-state index < -0.39 is 18.7 Å². The maximum Gasteiger partial charge on any atom is 0.392 e. The van der Waals surface area contributed by atoms with Gasteiger partial charge in [-0.05, 0) is 55.8 Å². The van der Waals surface area contributed by atoms with Crippen molar-refractivity contribution in [2.45, 2.75) is 32.5 Å². The fourth-order valence-corrected chi connectivity index (χ4v) is 3.03. The van der Waals surface area contributed by atoms with Gasteiger partial charge in [-0.1, -0.05) is 5.16 Å². The second-order valence-corrected chi connectivity index (χ2v) is 6.79. The molecule has 2 aromatic heterocycles. The lowest BCUT2D eigenvalue weighted by Gasteiger charge is -2.18. The average Bonchev–Trinajstić information content (AvgIpc) is 3.30. The van der Waals surface area contributed by atoms with Gasteiger partial charge in [0, 0.05) is 11.1 Å². The number of hydrogen-bond acceptors (Lipinski definition) is 5. The Morgan fingerprint density at radius 3 is 2.69 bits per heavy atom. The summed E-state index contributed by atoms with van der Waals surface area (Å²) in [7, 11) is 0. The number of aromatic amines is 1. The van der Waals surface area contributed by atoms with E-state index >= 15 is 0 Å². The van der Waals surface area contributed by atoms with Crippen LogP contribution in [0.4, 0.5) is 13.2 Å². The SMILES string of the molecule is Cc1cc(-c2nc(-c3ccc4nc[nH]c4c3)no2)ccc1OC(C)CC(F)(F)F. The van der Waals surface area contributed by atoms with Gasteiger partial charge in [0.05, 0.1) is 23.8 Å². The zero-order valence-corrected chi connectivity index (χ0v) is 15.6. The maximum absolute atomic E-state index is 12.5. The van der Waals surface area contributed by atoms with Crippen molar-refractivity contribution in [2.75, 3.05) is 0 Å². The molecule has 9 heteroatoms.